The first-order valence-corrected chi connectivity index (χ1v) is 3.21. The van der Waals surface area contributed by atoms with Crippen molar-refractivity contribution in [1.82, 2.24) is 0 Å². The first-order valence-electron chi connectivity index (χ1n) is 3.21. The van der Waals surface area contributed by atoms with E-state index < -0.39 is 0 Å². The molecule has 0 fully saturated rings. The van der Waals surface area contributed by atoms with Crippen LogP contribution in [0.3, 0.4) is 0 Å². The number of hydrogen-bond acceptors (Lipinski definition) is 1. The van der Waals surface area contributed by atoms with Gasteiger partial charge in [-0.1, -0.05) is 6.08 Å². The van der Waals surface area contributed by atoms with Gasteiger partial charge in [-0.25, -0.2) is 0 Å². The Morgan fingerprint density at radius 1 is 1.70 bits per heavy atom. The van der Waals surface area contributed by atoms with Crippen LogP contribution in [0.5, 0.6) is 0 Å². The maximum atomic E-state index is 5.45. The molecule has 0 aliphatic carbocycles. The number of quaternary nitrogens is 1. The van der Waals surface area contributed by atoms with Crippen LogP contribution in [-0.2, 0) is 0 Å². The van der Waals surface area contributed by atoms with Gasteiger partial charge in [0.15, 0.2) is 0 Å². The van der Waals surface area contributed by atoms with Crippen LogP contribution in [0.15, 0.2) is 23.9 Å². The number of likely N-dealkylation sites (N-methyl/N-ethyl adjacent to an activating group) is 1. The van der Waals surface area contributed by atoms with Gasteiger partial charge in [-0.05, 0) is 11.6 Å². The standard InChI is InChI=1S/C7H12N2.ClH/c1-9-4-2-3-7(5-8)6-9;/h2-4H,5-6,8H2,1H3;1H. The normalized spacial score (nSPS) is 23.4. The lowest BCUT2D eigenvalue weighted by Crippen LogP contribution is -3.04. The molecule has 3 heteroatoms. The Morgan fingerprint density at radius 3 is 2.80 bits per heavy atom. The molecular weight excluding hydrogens is 148 g/mol. The molecule has 0 aromatic carbocycles. The summed E-state index contributed by atoms with van der Waals surface area (Å²) in [7, 11) is 2.12. The summed E-state index contributed by atoms with van der Waals surface area (Å²) in [5.74, 6) is 0. The second kappa shape index (κ2) is 4.50. The third-order valence-corrected chi connectivity index (χ3v) is 1.48. The fraction of sp³-hybridized carbons (Fsp3) is 0.429. The van der Waals surface area contributed by atoms with Crippen molar-refractivity contribution in [2.75, 3.05) is 20.1 Å². The molecule has 0 saturated carbocycles. The molecule has 1 aliphatic rings. The van der Waals surface area contributed by atoms with Crippen molar-refractivity contribution in [2.45, 2.75) is 0 Å². The van der Waals surface area contributed by atoms with Gasteiger partial charge in [-0.2, -0.15) is 0 Å². The Balaban J connectivity index is 0.000000810. The summed E-state index contributed by atoms with van der Waals surface area (Å²) in [4.78, 5) is 1.40. The number of hydrogen-bond donors (Lipinski definition) is 2. The lowest BCUT2D eigenvalue weighted by Gasteiger charge is -2.12. The Kier molecular flexibility index (Phi) is 4.36. The summed E-state index contributed by atoms with van der Waals surface area (Å²) in [5.41, 5.74) is 6.78. The second-order valence-corrected chi connectivity index (χ2v) is 2.41. The summed E-state index contributed by atoms with van der Waals surface area (Å²) < 4.78 is 0. The van der Waals surface area contributed by atoms with Crippen LogP contribution in [0, 0.1) is 0 Å². The molecule has 58 valence electrons. The first-order chi connectivity index (χ1) is 4.33. The van der Waals surface area contributed by atoms with E-state index >= 15 is 0 Å². The molecule has 2 nitrogen and oxygen atoms in total. The highest BCUT2D eigenvalue weighted by Crippen LogP contribution is 1.90. The highest BCUT2D eigenvalue weighted by atomic mass is 35.5. The van der Waals surface area contributed by atoms with Crippen LogP contribution < -0.4 is 23.0 Å². The van der Waals surface area contributed by atoms with Crippen LogP contribution in [0.1, 0.15) is 0 Å². The second-order valence-electron chi connectivity index (χ2n) is 2.41. The molecule has 0 radical (unpaired) electrons. The zero-order valence-electron chi connectivity index (χ0n) is 6.10. The monoisotopic (exact) mass is 160 g/mol. The van der Waals surface area contributed by atoms with E-state index in [0.29, 0.717) is 6.54 Å². The van der Waals surface area contributed by atoms with Gasteiger partial charge in [-0.3, -0.25) is 0 Å². The molecule has 0 aromatic heterocycles. The van der Waals surface area contributed by atoms with Gasteiger partial charge in [0.25, 0.3) is 0 Å². The van der Waals surface area contributed by atoms with Gasteiger partial charge < -0.3 is 23.0 Å². The molecule has 1 unspecified atom stereocenters. The fourth-order valence-electron chi connectivity index (χ4n) is 0.965. The van der Waals surface area contributed by atoms with Gasteiger partial charge in [0, 0.05) is 6.54 Å². The van der Waals surface area contributed by atoms with Gasteiger partial charge in [0.1, 0.15) is 6.54 Å². The highest BCUT2D eigenvalue weighted by molar-refractivity contribution is 5.14. The molecule has 0 saturated heterocycles. The minimum atomic E-state index is 0. The summed E-state index contributed by atoms with van der Waals surface area (Å²) >= 11 is 0. The number of nitrogens with one attached hydrogen (secondary N) is 1. The van der Waals surface area contributed by atoms with E-state index in [9.17, 15) is 0 Å². The topological polar surface area (TPSA) is 30.5 Å². The molecule has 1 heterocycles. The Hall–Kier alpha value is -0.310. The highest BCUT2D eigenvalue weighted by Gasteiger charge is 2.03. The van der Waals surface area contributed by atoms with E-state index in [-0.39, 0.29) is 12.4 Å². The molecule has 1 atom stereocenters. The number of halogens is 1. The largest absolute Gasteiger partial charge is 1.00 e. The van der Waals surface area contributed by atoms with Crippen LogP contribution in [0.4, 0.5) is 0 Å². The summed E-state index contributed by atoms with van der Waals surface area (Å²) in [5, 5.41) is 0. The van der Waals surface area contributed by atoms with E-state index in [1.54, 1.807) is 0 Å². The lowest BCUT2D eigenvalue weighted by molar-refractivity contribution is -0.819. The third-order valence-electron chi connectivity index (χ3n) is 1.48. The van der Waals surface area contributed by atoms with Crippen molar-refractivity contribution in [3.63, 3.8) is 0 Å². The van der Waals surface area contributed by atoms with Crippen LogP contribution in [0.2, 0.25) is 0 Å². The van der Waals surface area contributed by atoms with E-state index in [1.807, 2.05) is 0 Å². The van der Waals surface area contributed by atoms with Crippen LogP contribution >= 0.6 is 0 Å². The quantitative estimate of drug-likeness (QED) is 0.402. The summed E-state index contributed by atoms with van der Waals surface area (Å²) in [6.07, 6.45) is 6.27. The van der Waals surface area contributed by atoms with Crippen molar-refractivity contribution in [2.24, 2.45) is 5.73 Å². The van der Waals surface area contributed by atoms with Gasteiger partial charge in [0.05, 0.1) is 13.2 Å². The van der Waals surface area contributed by atoms with Crippen molar-refractivity contribution in [1.29, 1.82) is 0 Å². The molecule has 10 heavy (non-hydrogen) atoms. The van der Waals surface area contributed by atoms with E-state index in [2.05, 4.69) is 25.4 Å². The molecule has 0 amide bonds. The van der Waals surface area contributed by atoms with Gasteiger partial charge in [-0.15, -0.1) is 0 Å². The van der Waals surface area contributed by atoms with E-state index in [0.717, 1.165) is 6.54 Å². The van der Waals surface area contributed by atoms with Crippen LogP contribution in [0.25, 0.3) is 0 Å². The van der Waals surface area contributed by atoms with Crippen molar-refractivity contribution < 1.29 is 17.3 Å². The predicted octanol–water partition coefficient (Wildman–Crippen LogP) is -4.08. The molecule has 3 N–H and O–H groups in total. The lowest BCUT2D eigenvalue weighted by atomic mass is 10.2. The minimum absolute atomic E-state index is 0. The number of nitrogens with two attached hydrogens (primary N) is 1. The maximum absolute atomic E-state index is 5.45. The zero-order valence-corrected chi connectivity index (χ0v) is 6.86. The number of allylic oxidation sites excluding steroid dienone is 2. The van der Waals surface area contributed by atoms with E-state index in [4.69, 9.17) is 5.73 Å². The fourth-order valence-corrected chi connectivity index (χ4v) is 0.965. The van der Waals surface area contributed by atoms with Gasteiger partial charge >= 0.3 is 0 Å². The van der Waals surface area contributed by atoms with Crippen molar-refractivity contribution >= 4 is 0 Å². The SMILES string of the molecule is C[NH+]1C=CC=C(CN)C1.[Cl-]. The van der Waals surface area contributed by atoms with Crippen molar-refractivity contribution in [3.8, 4) is 0 Å². The minimum Gasteiger partial charge on any atom is -1.00 e. The number of rotatable bonds is 1. The summed E-state index contributed by atoms with van der Waals surface area (Å²) in [6, 6.07) is 0. The smallest absolute Gasteiger partial charge is 0.104 e. The van der Waals surface area contributed by atoms with E-state index in [1.165, 1.54) is 10.5 Å². The average molecular weight is 161 g/mol. The maximum Gasteiger partial charge on any atom is 0.104 e. The Morgan fingerprint density at radius 2 is 2.40 bits per heavy atom. The molecule has 1 rings (SSSR count). The average Bonchev–Trinajstić information content (AvgIpc) is 1.88. The third kappa shape index (κ3) is 2.52. The Bertz CT molecular complexity index is 152. The zero-order chi connectivity index (χ0) is 6.69. The molecule has 1 aliphatic heterocycles. The molecule has 0 bridgehead atoms. The van der Waals surface area contributed by atoms with Crippen molar-refractivity contribution in [3.05, 3.63) is 23.9 Å². The molecule has 0 spiro atoms. The summed E-state index contributed by atoms with van der Waals surface area (Å²) in [6.45, 7) is 1.76. The van der Waals surface area contributed by atoms with Crippen LogP contribution in [-0.4, -0.2) is 20.1 Å². The first kappa shape index (κ1) is 9.69. The Labute approximate surface area is 67.8 Å². The molecular formula is C7H13ClN2. The van der Waals surface area contributed by atoms with Gasteiger partial charge in [0.2, 0.25) is 0 Å². The molecule has 0 aromatic rings. The predicted molar refractivity (Wildman–Crippen MR) is 38.0 cm³/mol.